The van der Waals surface area contributed by atoms with E-state index < -0.39 is 0 Å². The molecule has 0 saturated heterocycles. The molecule has 3 aromatic rings. The second-order valence-corrected chi connectivity index (χ2v) is 9.08. The molecular weight excluding hydrogens is 290 g/mol. The molecule has 0 saturated carbocycles. The predicted molar refractivity (Wildman–Crippen MR) is 106 cm³/mol. The molecule has 24 heavy (non-hydrogen) atoms. The van der Waals surface area contributed by atoms with E-state index in [1.807, 2.05) is 0 Å². The number of fused-ring (bicyclic) bond motifs is 2. The highest BCUT2D eigenvalue weighted by atomic mass is 14.7. The fourth-order valence-corrected chi connectivity index (χ4v) is 3.96. The second-order valence-electron chi connectivity index (χ2n) is 9.08. The minimum atomic E-state index is 0.0504. The normalized spacial score (nSPS) is 13.0. The first-order valence-electron chi connectivity index (χ1n) is 8.85. The first kappa shape index (κ1) is 17.0. The number of rotatable bonds is 0. The zero-order valence-electron chi connectivity index (χ0n) is 16.3. The van der Waals surface area contributed by atoms with Crippen LogP contribution in [0.1, 0.15) is 63.8 Å². The van der Waals surface area contributed by atoms with Gasteiger partial charge in [0.15, 0.2) is 0 Å². The fraction of sp³-hybridized carbons (Fsp3) is 0.435. The summed E-state index contributed by atoms with van der Waals surface area (Å²) in [6, 6.07) is 10.8. The number of hydrogen-bond donors (Lipinski definition) is 0. The summed E-state index contributed by atoms with van der Waals surface area (Å²) in [4.78, 5) is 5.12. The molecule has 0 spiro atoms. The van der Waals surface area contributed by atoms with Gasteiger partial charge in [-0.3, -0.25) is 0 Å². The van der Waals surface area contributed by atoms with Crippen molar-refractivity contribution in [3.05, 3.63) is 52.6 Å². The number of nitrogens with zero attached hydrogens (tertiary/aromatic N) is 1. The third-order valence-corrected chi connectivity index (χ3v) is 5.05. The van der Waals surface area contributed by atoms with E-state index in [1.165, 1.54) is 38.5 Å². The first-order chi connectivity index (χ1) is 11.0. The molecule has 0 bridgehead atoms. The molecule has 1 aromatic heterocycles. The summed E-state index contributed by atoms with van der Waals surface area (Å²) in [5.41, 5.74) is 8.04. The minimum Gasteiger partial charge on any atom is -0.247 e. The molecule has 1 heterocycles. The lowest BCUT2D eigenvalue weighted by atomic mass is 9.71. The standard InChI is InChI=1S/C23H29N/c1-14-15(2)19(22(3,4)5)20(23(6,7)8)21-17(14)13-16-11-9-10-12-18(16)24-21/h9-13H,1-8H3. The van der Waals surface area contributed by atoms with Gasteiger partial charge in [0, 0.05) is 10.8 Å². The number of aromatic nitrogens is 1. The molecule has 2 aromatic carbocycles. The lowest BCUT2D eigenvalue weighted by Crippen LogP contribution is -2.25. The molecular formula is C23H29N. The van der Waals surface area contributed by atoms with Crippen LogP contribution in [0.2, 0.25) is 0 Å². The molecule has 0 amide bonds. The number of hydrogen-bond acceptors (Lipinski definition) is 1. The Balaban J connectivity index is 2.62. The lowest BCUT2D eigenvalue weighted by molar-refractivity contribution is 0.530. The van der Waals surface area contributed by atoms with Crippen LogP contribution in [0.15, 0.2) is 30.3 Å². The molecule has 0 unspecified atom stereocenters. The van der Waals surface area contributed by atoms with Gasteiger partial charge >= 0.3 is 0 Å². The molecule has 126 valence electrons. The molecule has 0 aliphatic heterocycles. The summed E-state index contributed by atoms with van der Waals surface area (Å²) in [5.74, 6) is 0. The average Bonchev–Trinajstić information content (AvgIpc) is 2.46. The van der Waals surface area contributed by atoms with Crippen LogP contribution in [-0.4, -0.2) is 4.98 Å². The van der Waals surface area contributed by atoms with Gasteiger partial charge in [0.1, 0.15) is 0 Å². The Morgan fingerprint density at radius 2 is 1.33 bits per heavy atom. The van der Waals surface area contributed by atoms with Crippen molar-refractivity contribution in [2.24, 2.45) is 0 Å². The highest BCUT2D eigenvalue weighted by Crippen LogP contribution is 2.42. The largest absolute Gasteiger partial charge is 0.247 e. The predicted octanol–water partition coefficient (Wildman–Crippen LogP) is 6.60. The zero-order chi connectivity index (χ0) is 17.9. The molecule has 0 radical (unpaired) electrons. The van der Waals surface area contributed by atoms with Gasteiger partial charge in [0.2, 0.25) is 0 Å². The van der Waals surface area contributed by atoms with Crippen LogP contribution in [0, 0.1) is 13.8 Å². The third kappa shape index (κ3) is 2.60. The maximum atomic E-state index is 5.12. The summed E-state index contributed by atoms with van der Waals surface area (Å²) < 4.78 is 0. The van der Waals surface area contributed by atoms with Gasteiger partial charge in [-0.25, -0.2) is 4.98 Å². The third-order valence-electron chi connectivity index (χ3n) is 5.05. The van der Waals surface area contributed by atoms with Crippen LogP contribution in [0.4, 0.5) is 0 Å². The second kappa shape index (κ2) is 5.31. The molecule has 1 nitrogen and oxygen atoms in total. The van der Waals surface area contributed by atoms with Crippen molar-refractivity contribution in [3.8, 4) is 0 Å². The lowest BCUT2D eigenvalue weighted by Gasteiger charge is -2.34. The average molecular weight is 319 g/mol. The quantitative estimate of drug-likeness (QED) is 0.425. The Hall–Kier alpha value is -1.89. The highest BCUT2D eigenvalue weighted by Gasteiger charge is 2.30. The molecule has 3 rings (SSSR count). The van der Waals surface area contributed by atoms with Crippen LogP contribution in [-0.2, 0) is 10.8 Å². The van der Waals surface area contributed by atoms with E-state index >= 15 is 0 Å². The Morgan fingerprint density at radius 1 is 0.750 bits per heavy atom. The summed E-state index contributed by atoms with van der Waals surface area (Å²) >= 11 is 0. The summed E-state index contributed by atoms with van der Waals surface area (Å²) in [7, 11) is 0. The summed E-state index contributed by atoms with van der Waals surface area (Å²) in [6.45, 7) is 18.4. The SMILES string of the molecule is Cc1c(C(C)(C)C)c(C(C)(C)C)c2nc3ccccc3cc2c1C. The fourth-order valence-electron chi connectivity index (χ4n) is 3.96. The topological polar surface area (TPSA) is 12.9 Å². The Labute approximate surface area is 146 Å². The van der Waals surface area contributed by atoms with Crippen LogP contribution < -0.4 is 0 Å². The van der Waals surface area contributed by atoms with Crippen molar-refractivity contribution < 1.29 is 0 Å². The van der Waals surface area contributed by atoms with E-state index in [1.54, 1.807) is 0 Å². The van der Waals surface area contributed by atoms with Gasteiger partial charge in [-0.15, -0.1) is 0 Å². The van der Waals surface area contributed by atoms with E-state index in [2.05, 4.69) is 85.7 Å². The smallest absolute Gasteiger partial charge is 0.0752 e. The van der Waals surface area contributed by atoms with E-state index in [9.17, 15) is 0 Å². The van der Waals surface area contributed by atoms with Gasteiger partial charge in [-0.2, -0.15) is 0 Å². The maximum Gasteiger partial charge on any atom is 0.0752 e. The van der Waals surface area contributed by atoms with E-state index in [-0.39, 0.29) is 10.8 Å². The maximum absolute atomic E-state index is 5.12. The van der Waals surface area contributed by atoms with E-state index in [0.29, 0.717) is 0 Å². The number of pyridine rings is 1. The molecule has 0 aliphatic carbocycles. The van der Waals surface area contributed by atoms with Crippen molar-refractivity contribution in [2.45, 2.75) is 66.2 Å². The van der Waals surface area contributed by atoms with Crippen molar-refractivity contribution in [3.63, 3.8) is 0 Å². The molecule has 0 atom stereocenters. The van der Waals surface area contributed by atoms with Crippen LogP contribution in [0.25, 0.3) is 21.8 Å². The number of benzene rings is 2. The van der Waals surface area contributed by atoms with Crippen molar-refractivity contribution in [2.75, 3.05) is 0 Å². The van der Waals surface area contributed by atoms with Gasteiger partial charge in [0.05, 0.1) is 11.0 Å². The monoisotopic (exact) mass is 319 g/mol. The van der Waals surface area contributed by atoms with Gasteiger partial charge in [-0.1, -0.05) is 59.7 Å². The minimum absolute atomic E-state index is 0.0504. The Kier molecular flexibility index (Phi) is 3.75. The molecule has 0 fully saturated rings. The van der Waals surface area contributed by atoms with Crippen LogP contribution in [0.5, 0.6) is 0 Å². The van der Waals surface area contributed by atoms with E-state index in [4.69, 9.17) is 4.98 Å². The van der Waals surface area contributed by atoms with E-state index in [0.717, 1.165) is 5.52 Å². The van der Waals surface area contributed by atoms with Crippen molar-refractivity contribution in [1.29, 1.82) is 0 Å². The number of para-hydroxylation sites is 1. The number of aryl methyl sites for hydroxylation is 1. The molecule has 1 heteroatoms. The summed E-state index contributed by atoms with van der Waals surface area (Å²) in [6.07, 6.45) is 0. The Morgan fingerprint density at radius 3 is 1.92 bits per heavy atom. The molecule has 0 N–H and O–H groups in total. The Bertz CT molecular complexity index is 934. The van der Waals surface area contributed by atoms with Crippen LogP contribution in [0.3, 0.4) is 0 Å². The summed E-state index contributed by atoms with van der Waals surface area (Å²) in [5, 5.41) is 2.51. The van der Waals surface area contributed by atoms with Crippen molar-refractivity contribution >= 4 is 21.8 Å². The van der Waals surface area contributed by atoms with Gasteiger partial charge < -0.3 is 0 Å². The van der Waals surface area contributed by atoms with Gasteiger partial charge in [0.25, 0.3) is 0 Å². The molecule has 0 aliphatic rings. The van der Waals surface area contributed by atoms with Crippen molar-refractivity contribution in [1.82, 2.24) is 4.98 Å². The first-order valence-corrected chi connectivity index (χ1v) is 8.85. The zero-order valence-corrected chi connectivity index (χ0v) is 16.3. The highest BCUT2D eigenvalue weighted by molar-refractivity contribution is 5.97. The van der Waals surface area contributed by atoms with Crippen LogP contribution >= 0.6 is 0 Å². The van der Waals surface area contributed by atoms with Gasteiger partial charge in [-0.05, 0) is 59.1 Å².